The molecular weight excluding hydrogens is 298 g/mol. The Hall–Kier alpha value is -2.60. The van der Waals surface area contributed by atoms with E-state index < -0.39 is 17.1 Å². The Morgan fingerprint density at radius 2 is 1.81 bits per heavy atom. The molecule has 21 heavy (non-hydrogen) atoms. The van der Waals surface area contributed by atoms with Gasteiger partial charge in [-0.25, -0.2) is 4.79 Å². The summed E-state index contributed by atoms with van der Waals surface area (Å²) in [6.07, 6.45) is -1.66. The summed E-state index contributed by atoms with van der Waals surface area (Å²) in [5, 5.41) is 20.6. The minimum atomic E-state index is -1.66. The van der Waals surface area contributed by atoms with Crippen LogP contribution >= 0.6 is 11.6 Å². The Morgan fingerprint density at radius 1 is 1.19 bits per heavy atom. The molecule has 7 heteroatoms. The van der Waals surface area contributed by atoms with Crippen molar-refractivity contribution >= 4 is 17.6 Å². The van der Waals surface area contributed by atoms with E-state index in [4.69, 9.17) is 21.4 Å². The predicted molar refractivity (Wildman–Crippen MR) is 75.2 cm³/mol. The zero-order valence-electron chi connectivity index (χ0n) is 10.6. The van der Waals surface area contributed by atoms with Crippen molar-refractivity contribution in [3.8, 4) is 5.75 Å². The molecule has 0 heterocycles. The lowest BCUT2D eigenvalue weighted by molar-refractivity contribution is -0.570. The molecule has 0 spiro atoms. The number of benzene rings is 2. The third kappa shape index (κ3) is 3.29. The molecule has 2 aromatic carbocycles. The van der Waals surface area contributed by atoms with Crippen LogP contribution in [0.3, 0.4) is 0 Å². The lowest BCUT2D eigenvalue weighted by Crippen LogP contribution is -2.20. The van der Waals surface area contributed by atoms with E-state index in [9.17, 15) is 14.9 Å². The van der Waals surface area contributed by atoms with Gasteiger partial charge in [-0.2, -0.15) is 0 Å². The number of hydrogen-bond acceptors (Lipinski definition) is 4. The first-order valence-corrected chi connectivity index (χ1v) is 6.25. The van der Waals surface area contributed by atoms with Crippen LogP contribution in [0.4, 0.5) is 0 Å². The van der Waals surface area contributed by atoms with Gasteiger partial charge in [0.15, 0.2) is 0 Å². The van der Waals surface area contributed by atoms with Crippen molar-refractivity contribution in [1.82, 2.24) is 0 Å². The maximum absolute atomic E-state index is 11.2. The van der Waals surface area contributed by atoms with Gasteiger partial charge in [-0.05, 0) is 24.3 Å². The Kier molecular flexibility index (Phi) is 4.39. The Morgan fingerprint density at radius 3 is 2.43 bits per heavy atom. The summed E-state index contributed by atoms with van der Waals surface area (Å²) < 4.78 is 5.29. The van der Waals surface area contributed by atoms with Crippen molar-refractivity contribution in [1.29, 1.82) is 0 Å². The number of para-hydroxylation sites is 1. The van der Waals surface area contributed by atoms with Crippen molar-refractivity contribution in [3.05, 3.63) is 74.8 Å². The van der Waals surface area contributed by atoms with Crippen LogP contribution in [0.2, 0.25) is 5.02 Å². The largest absolute Gasteiger partial charge is 0.478 e. The smallest absolute Gasteiger partial charge is 0.381 e. The summed E-state index contributed by atoms with van der Waals surface area (Å²) in [4.78, 5) is 21.7. The number of nitrogens with zero attached hydrogens (tertiary/aromatic N) is 1. The summed E-state index contributed by atoms with van der Waals surface area (Å²) in [5.41, 5.74) is -0.235. The van der Waals surface area contributed by atoms with Crippen LogP contribution in [0, 0.1) is 10.1 Å². The van der Waals surface area contributed by atoms with E-state index in [2.05, 4.69) is 0 Å². The minimum Gasteiger partial charge on any atom is -0.478 e. The fourth-order valence-electron chi connectivity index (χ4n) is 1.79. The highest BCUT2D eigenvalue weighted by Crippen LogP contribution is 2.30. The standard InChI is InChI=1S/C14H10ClNO5/c15-11-7-3-4-8-12(11)21-13(16(19)20)9-5-1-2-6-10(9)14(17)18/h1-8,13H,(H,17,18). The normalized spacial score (nSPS) is 11.7. The molecule has 0 fully saturated rings. The molecular formula is C14H10ClNO5. The van der Waals surface area contributed by atoms with Crippen LogP contribution in [0.25, 0.3) is 0 Å². The number of rotatable bonds is 5. The van der Waals surface area contributed by atoms with Gasteiger partial charge >= 0.3 is 12.2 Å². The fourth-order valence-corrected chi connectivity index (χ4v) is 1.97. The summed E-state index contributed by atoms with van der Waals surface area (Å²) in [7, 11) is 0. The summed E-state index contributed by atoms with van der Waals surface area (Å²) in [5.74, 6) is -1.15. The summed E-state index contributed by atoms with van der Waals surface area (Å²) in [6.45, 7) is 0. The van der Waals surface area contributed by atoms with Gasteiger partial charge in [-0.3, -0.25) is 10.1 Å². The van der Waals surface area contributed by atoms with Crippen molar-refractivity contribution in [2.24, 2.45) is 0 Å². The van der Waals surface area contributed by atoms with Crippen molar-refractivity contribution in [2.45, 2.75) is 6.23 Å². The molecule has 0 aliphatic heterocycles. The quantitative estimate of drug-likeness (QED) is 0.519. The first-order valence-electron chi connectivity index (χ1n) is 5.87. The zero-order valence-corrected chi connectivity index (χ0v) is 11.4. The van der Waals surface area contributed by atoms with Crippen LogP contribution in [0.1, 0.15) is 22.1 Å². The van der Waals surface area contributed by atoms with Gasteiger partial charge in [-0.15, -0.1) is 0 Å². The molecule has 0 aliphatic rings. The van der Waals surface area contributed by atoms with Gasteiger partial charge in [0.25, 0.3) is 0 Å². The lowest BCUT2D eigenvalue weighted by atomic mass is 10.1. The third-order valence-corrected chi connectivity index (χ3v) is 3.04. The minimum absolute atomic E-state index is 0.0464. The molecule has 108 valence electrons. The van der Waals surface area contributed by atoms with E-state index in [0.717, 1.165) is 0 Å². The van der Waals surface area contributed by atoms with E-state index in [-0.39, 0.29) is 21.9 Å². The molecule has 0 radical (unpaired) electrons. The van der Waals surface area contributed by atoms with E-state index in [0.29, 0.717) is 0 Å². The van der Waals surface area contributed by atoms with E-state index in [1.165, 1.54) is 36.4 Å². The molecule has 2 aromatic rings. The van der Waals surface area contributed by atoms with Gasteiger partial charge in [0, 0.05) is 0 Å². The maximum Gasteiger partial charge on any atom is 0.381 e. The van der Waals surface area contributed by atoms with E-state index in [1.54, 1.807) is 12.1 Å². The third-order valence-electron chi connectivity index (χ3n) is 2.72. The van der Waals surface area contributed by atoms with Gasteiger partial charge in [0.2, 0.25) is 0 Å². The van der Waals surface area contributed by atoms with Crippen LogP contribution in [0.5, 0.6) is 5.75 Å². The van der Waals surface area contributed by atoms with E-state index >= 15 is 0 Å². The second-order valence-corrected chi connectivity index (χ2v) is 4.49. The number of ether oxygens (including phenoxy) is 1. The van der Waals surface area contributed by atoms with Crippen LogP contribution < -0.4 is 4.74 Å². The molecule has 0 bridgehead atoms. The average Bonchev–Trinajstić information content (AvgIpc) is 2.46. The van der Waals surface area contributed by atoms with Crippen LogP contribution in [-0.4, -0.2) is 16.0 Å². The Labute approximate surface area is 124 Å². The van der Waals surface area contributed by atoms with Crippen molar-refractivity contribution in [3.63, 3.8) is 0 Å². The molecule has 0 saturated heterocycles. The second-order valence-electron chi connectivity index (χ2n) is 4.08. The number of carboxylic acid groups (broad SMARTS) is 1. The number of nitro groups is 1. The van der Waals surface area contributed by atoms with Crippen LogP contribution in [-0.2, 0) is 0 Å². The number of carboxylic acids is 1. The topological polar surface area (TPSA) is 89.7 Å². The molecule has 1 atom stereocenters. The van der Waals surface area contributed by atoms with Gasteiger partial charge in [0.1, 0.15) is 5.75 Å². The van der Waals surface area contributed by atoms with Gasteiger partial charge in [-0.1, -0.05) is 35.9 Å². The molecule has 0 saturated carbocycles. The molecule has 1 N–H and O–H groups in total. The highest BCUT2D eigenvalue weighted by molar-refractivity contribution is 6.32. The first kappa shape index (κ1) is 14.8. The average molecular weight is 308 g/mol. The molecule has 0 aromatic heterocycles. The molecule has 1 unspecified atom stereocenters. The van der Waals surface area contributed by atoms with Gasteiger partial charge in [0.05, 0.1) is 21.1 Å². The number of halogens is 1. The lowest BCUT2D eigenvalue weighted by Gasteiger charge is -2.14. The Balaban J connectivity index is 2.44. The second kappa shape index (κ2) is 6.23. The molecule has 2 rings (SSSR count). The highest BCUT2D eigenvalue weighted by atomic mass is 35.5. The van der Waals surface area contributed by atoms with Crippen LogP contribution in [0.15, 0.2) is 48.5 Å². The zero-order chi connectivity index (χ0) is 15.4. The SMILES string of the molecule is O=C(O)c1ccccc1C(Oc1ccccc1Cl)[N+](=O)[O-]. The number of hydrogen-bond donors (Lipinski definition) is 1. The fraction of sp³-hybridized carbons (Fsp3) is 0.0714. The number of carbonyl (C=O) groups is 1. The molecule has 0 amide bonds. The van der Waals surface area contributed by atoms with Crippen molar-refractivity contribution < 1.29 is 19.6 Å². The summed E-state index contributed by atoms with van der Waals surface area (Å²) in [6, 6.07) is 11.9. The molecule has 6 nitrogen and oxygen atoms in total. The molecule has 0 aliphatic carbocycles. The Bertz CT molecular complexity index is 689. The number of aromatic carboxylic acids is 1. The van der Waals surface area contributed by atoms with Gasteiger partial charge < -0.3 is 9.84 Å². The van der Waals surface area contributed by atoms with E-state index in [1.807, 2.05) is 0 Å². The van der Waals surface area contributed by atoms with Crippen molar-refractivity contribution in [2.75, 3.05) is 0 Å². The highest BCUT2D eigenvalue weighted by Gasteiger charge is 2.30. The monoisotopic (exact) mass is 307 g/mol. The first-order chi connectivity index (χ1) is 10.0. The predicted octanol–water partition coefficient (Wildman–Crippen LogP) is 3.39. The maximum atomic E-state index is 11.2. The summed E-state index contributed by atoms with van der Waals surface area (Å²) >= 11 is 5.90.